The van der Waals surface area contributed by atoms with Crippen LogP contribution in [0.4, 0.5) is 0 Å². The summed E-state index contributed by atoms with van der Waals surface area (Å²) in [5.41, 5.74) is 5.89. The molecule has 1 heterocycles. The lowest BCUT2D eigenvalue weighted by atomic mass is 9.93. The van der Waals surface area contributed by atoms with E-state index in [-0.39, 0.29) is 17.6 Å². The molecule has 192 valence electrons. The van der Waals surface area contributed by atoms with E-state index in [1.54, 1.807) is 16.2 Å². The number of rotatable bonds is 9. The molecule has 5 heteroatoms. The highest BCUT2D eigenvalue weighted by Gasteiger charge is 2.26. The molecule has 0 saturated carbocycles. The van der Waals surface area contributed by atoms with Gasteiger partial charge in [-0.15, -0.1) is 11.3 Å². The highest BCUT2D eigenvalue weighted by atomic mass is 32.1. The fourth-order valence-electron chi connectivity index (χ4n) is 3.76. The summed E-state index contributed by atoms with van der Waals surface area (Å²) in [5, 5.41) is 2.04. The van der Waals surface area contributed by atoms with Crippen molar-refractivity contribution < 1.29 is 9.53 Å². The second-order valence-electron chi connectivity index (χ2n) is 11.0. The van der Waals surface area contributed by atoms with Gasteiger partial charge in [0.05, 0.1) is 11.8 Å². The van der Waals surface area contributed by atoms with Gasteiger partial charge < -0.3 is 9.64 Å². The number of aliphatic imine (C=N–C) groups is 1. The highest BCUT2D eigenvalue weighted by Crippen LogP contribution is 2.32. The molecule has 35 heavy (non-hydrogen) atoms. The van der Waals surface area contributed by atoms with E-state index in [0.29, 0.717) is 11.6 Å². The van der Waals surface area contributed by atoms with Crippen molar-refractivity contribution in [3.8, 4) is 5.75 Å². The summed E-state index contributed by atoms with van der Waals surface area (Å²) in [6.07, 6.45) is 1.76. The average Bonchev–Trinajstić information content (AvgIpc) is 3.29. The van der Waals surface area contributed by atoms with Crippen molar-refractivity contribution in [2.75, 3.05) is 7.05 Å². The van der Waals surface area contributed by atoms with Crippen LogP contribution in [0, 0.1) is 6.92 Å². The van der Waals surface area contributed by atoms with E-state index < -0.39 is 0 Å². The van der Waals surface area contributed by atoms with Gasteiger partial charge in [0.25, 0.3) is 5.91 Å². The maximum Gasteiger partial charge on any atom is 0.272 e. The molecule has 2 aromatic rings. The van der Waals surface area contributed by atoms with Crippen LogP contribution < -0.4 is 4.74 Å². The van der Waals surface area contributed by atoms with Crippen molar-refractivity contribution in [1.82, 2.24) is 4.90 Å². The third kappa shape index (κ3) is 7.79. The van der Waals surface area contributed by atoms with Crippen molar-refractivity contribution in [1.29, 1.82) is 0 Å². The van der Waals surface area contributed by atoms with Gasteiger partial charge in [0.2, 0.25) is 0 Å². The first-order chi connectivity index (χ1) is 16.2. The lowest BCUT2D eigenvalue weighted by Gasteiger charge is -2.32. The Bertz CT molecular complexity index is 1070. The quantitative estimate of drug-likeness (QED) is 0.261. The number of amides is 1. The van der Waals surface area contributed by atoms with Gasteiger partial charge in [0, 0.05) is 17.5 Å². The Morgan fingerprint density at radius 1 is 1.14 bits per heavy atom. The molecule has 2 rings (SSSR count). The van der Waals surface area contributed by atoms with Gasteiger partial charge in [-0.25, -0.2) is 4.99 Å². The molecule has 1 amide bonds. The Kier molecular flexibility index (Phi) is 9.91. The number of likely N-dealkylation sites (N-methyl/N-ethyl adjacent to an activating group) is 1. The Labute approximate surface area is 217 Å². The lowest BCUT2D eigenvalue weighted by Crippen LogP contribution is -2.43. The molecule has 0 aliphatic carbocycles. The Hall–Kier alpha value is -2.40. The number of aryl methyl sites for hydroxylation is 2. The Morgan fingerprint density at radius 2 is 1.80 bits per heavy atom. The zero-order valence-electron chi connectivity index (χ0n) is 23.6. The van der Waals surface area contributed by atoms with Gasteiger partial charge in [0.1, 0.15) is 11.4 Å². The van der Waals surface area contributed by atoms with Gasteiger partial charge in [-0.1, -0.05) is 26.0 Å². The molecule has 0 saturated heterocycles. The number of nitrogens with zero attached hydrogens (tertiary/aromatic N) is 2. The van der Waals surface area contributed by atoms with Crippen molar-refractivity contribution in [2.24, 2.45) is 4.99 Å². The van der Waals surface area contributed by atoms with E-state index in [1.807, 2.05) is 59.2 Å². The smallest absolute Gasteiger partial charge is 0.272 e. The van der Waals surface area contributed by atoms with Gasteiger partial charge in [-0.2, -0.15) is 0 Å². The maximum absolute atomic E-state index is 13.6. The first kappa shape index (κ1) is 28.8. The van der Waals surface area contributed by atoms with Crippen molar-refractivity contribution in [2.45, 2.75) is 99.6 Å². The summed E-state index contributed by atoms with van der Waals surface area (Å²) >= 11 is 1.64. The van der Waals surface area contributed by atoms with Crippen LogP contribution in [0.2, 0.25) is 0 Å². The molecule has 0 fully saturated rings. The fourth-order valence-corrected chi connectivity index (χ4v) is 4.44. The molecular formula is C30H44N2O2S. The fraction of sp³-hybridized carbons (Fsp3) is 0.533. The van der Waals surface area contributed by atoms with Crippen LogP contribution in [0.1, 0.15) is 96.2 Å². The van der Waals surface area contributed by atoms with E-state index in [1.165, 1.54) is 16.7 Å². The summed E-state index contributed by atoms with van der Waals surface area (Å²) < 4.78 is 6.10. The molecule has 0 atom stereocenters. The van der Waals surface area contributed by atoms with Crippen LogP contribution in [0.5, 0.6) is 5.75 Å². The number of benzene rings is 1. The normalized spacial score (nSPS) is 13.3. The number of hydrogen-bond donors (Lipinski definition) is 0. The minimum absolute atomic E-state index is 0.0359. The number of ether oxygens (including phenoxy) is 1. The first-order valence-corrected chi connectivity index (χ1v) is 13.5. The number of carbonyl (C=O) groups excluding carboxylic acids is 1. The minimum Gasteiger partial charge on any atom is -0.491 e. The van der Waals surface area contributed by atoms with Crippen LogP contribution >= 0.6 is 11.3 Å². The summed E-state index contributed by atoms with van der Waals surface area (Å²) in [7, 11) is 1.86. The zero-order chi connectivity index (χ0) is 26.5. The predicted molar refractivity (Wildman–Crippen MR) is 151 cm³/mol. The largest absolute Gasteiger partial charge is 0.491 e. The van der Waals surface area contributed by atoms with Gasteiger partial charge in [-0.05, 0) is 114 Å². The Morgan fingerprint density at radius 3 is 2.31 bits per heavy atom. The first-order valence-electron chi connectivity index (χ1n) is 12.6. The molecule has 4 nitrogen and oxygen atoms in total. The van der Waals surface area contributed by atoms with Crippen LogP contribution in [-0.2, 0) is 11.2 Å². The van der Waals surface area contributed by atoms with Crippen molar-refractivity contribution >= 4 is 23.0 Å². The molecule has 0 bridgehead atoms. The topological polar surface area (TPSA) is 41.9 Å². The van der Waals surface area contributed by atoms with Crippen LogP contribution in [0.15, 0.2) is 45.9 Å². The van der Waals surface area contributed by atoms with Gasteiger partial charge >= 0.3 is 0 Å². The molecule has 0 aliphatic rings. The maximum atomic E-state index is 13.6. The zero-order valence-corrected chi connectivity index (χ0v) is 24.4. The van der Waals surface area contributed by atoms with Crippen molar-refractivity contribution in [3.05, 3.63) is 62.5 Å². The number of hydrogen-bond acceptors (Lipinski definition) is 4. The number of thiophene rings is 1. The van der Waals surface area contributed by atoms with E-state index in [9.17, 15) is 4.79 Å². The predicted octanol–water partition coefficient (Wildman–Crippen LogP) is 7.94. The summed E-state index contributed by atoms with van der Waals surface area (Å²) in [5.74, 6) is 1.31. The number of carbonyl (C=O) groups is 1. The van der Waals surface area contributed by atoms with E-state index in [2.05, 4.69) is 46.8 Å². The van der Waals surface area contributed by atoms with E-state index >= 15 is 0 Å². The molecule has 1 aromatic heterocycles. The number of allylic oxidation sites excluding steroid dienone is 1. The Balaban J connectivity index is 2.44. The van der Waals surface area contributed by atoms with Gasteiger partial charge in [0.15, 0.2) is 0 Å². The summed E-state index contributed by atoms with van der Waals surface area (Å²) in [4.78, 5) is 21.3. The van der Waals surface area contributed by atoms with Crippen LogP contribution in [-0.4, -0.2) is 35.2 Å². The monoisotopic (exact) mass is 496 g/mol. The lowest BCUT2D eigenvalue weighted by molar-refractivity contribution is -0.130. The summed E-state index contributed by atoms with van der Waals surface area (Å²) in [6.45, 7) is 20.8. The molecule has 0 radical (unpaired) electrons. The molecule has 0 N–H and O–H groups in total. The van der Waals surface area contributed by atoms with Gasteiger partial charge in [-0.3, -0.25) is 4.79 Å². The second kappa shape index (κ2) is 12.0. The molecule has 0 aliphatic heterocycles. The van der Waals surface area contributed by atoms with E-state index in [4.69, 9.17) is 9.73 Å². The third-order valence-electron chi connectivity index (χ3n) is 6.30. The minimum atomic E-state index is -0.288. The van der Waals surface area contributed by atoms with Crippen LogP contribution in [0.25, 0.3) is 0 Å². The third-order valence-corrected chi connectivity index (χ3v) is 7.28. The molecule has 0 spiro atoms. The summed E-state index contributed by atoms with van der Waals surface area (Å²) in [6, 6.07) is 8.52. The second-order valence-corrected chi connectivity index (χ2v) is 11.9. The SMILES string of the molecule is C/C(=N\C(C(=O)N(C)C(C)(C)C)=C(/C)CCc1cc(C(C)C)c(OC(C)C)cc1C)c1cccs1. The standard InChI is InChI=1S/C30H44N2O2S/c1-19(2)25-18-24(22(6)17-26(25)34-20(3)4)15-14-21(5)28(29(33)32(11)30(8,9)10)31-23(7)27-13-12-16-35-27/h12-13,16-20H,14-15H2,1-11H3/b28-21+,31-23+. The average molecular weight is 497 g/mol. The molecule has 1 aromatic carbocycles. The van der Waals surface area contributed by atoms with E-state index in [0.717, 1.165) is 34.8 Å². The van der Waals surface area contributed by atoms with Crippen molar-refractivity contribution in [3.63, 3.8) is 0 Å². The highest BCUT2D eigenvalue weighted by molar-refractivity contribution is 7.12. The molecular weight excluding hydrogens is 452 g/mol. The van der Waals surface area contributed by atoms with Crippen LogP contribution in [0.3, 0.4) is 0 Å². The molecule has 0 unspecified atom stereocenters.